The van der Waals surface area contributed by atoms with Crippen LogP contribution in [0.25, 0.3) is 0 Å². The van der Waals surface area contributed by atoms with Crippen LogP contribution in [0.1, 0.15) is 12.5 Å². The van der Waals surface area contributed by atoms with E-state index in [4.69, 9.17) is 0 Å². The zero-order valence-corrected chi connectivity index (χ0v) is 13.9. The minimum atomic E-state index is -0.213. The molecule has 22 heavy (non-hydrogen) atoms. The molecule has 0 aliphatic heterocycles. The maximum absolute atomic E-state index is 11.8. The van der Waals surface area contributed by atoms with Gasteiger partial charge in [0.1, 0.15) is 0 Å². The summed E-state index contributed by atoms with van der Waals surface area (Å²) >= 11 is 2.85. The Kier molecular flexibility index (Phi) is 6.42. The molecule has 1 atom stereocenters. The van der Waals surface area contributed by atoms with E-state index in [1.165, 1.54) is 28.7 Å². The number of nitrogens with zero attached hydrogens (tertiary/aromatic N) is 2. The van der Waals surface area contributed by atoms with E-state index in [0.29, 0.717) is 13.1 Å². The maximum atomic E-state index is 11.8. The van der Waals surface area contributed by atoms with Crippen molar-refractivity contribution in [3.8, 4) is 0 Å². The highest BCUT2D eigenvalue weighted by atomic mass is 32.2. The molecule has 2 aromatic rings. The lowest BCUT2D eigenvalue weighted by atomic mass is 10.2. The van der Waals surface area contributed by atoms with Crippen molar-refractivity contribution in [2.75, 3.05) is 11.9 Å². The molecule has 116 valence electrons. The van der Waals surface area contributed by atoms with Gasteiger partial charge < -0.3 is 10.6 Å². The molecule has 0 radical (unpaired) electrons. The Labute approximate surface area is 138 Å². The minimum absolute atomic E-state index is 0.0288. The van der Waals surface area contributed by atoms with Gasteiger partial charge in [0.25, 0.3) is 0 Å². The van der Waals surface area contributed by atoms with Crippen LogP contribution in [-0.2, 0) is 11.3 Å². The first kappa shape index (κ1) is 16.5. The van der Waals surface area contributed by atoms with Gasteiger partial charge in [0.2, 0.25) is 11.0 Å². The maximum Gasteiger partial charge on any atom is 0.233 e. The lowest BCUT2D eigenvalue weighted by Gasteiger charge is -2.08. The second-order valence-electron chi connectivity index (χ2n) is 4.51. The van der Waals surface area contributed by atoms with Gasteiger partial charge in [-0.2, -0.15) is 0 Å². The second-order valence-corrected chi connectivity index (χ2v) is 7.07. The highest BCUT2D eigenvalue weighted by Gasteiger charge is 2.16. The van der Waals surface area contributed by atoms with E-state index in [1.807, 2.05) is 25.1 Å². The number of carbonyl (C=O) groups excluding carboxylic acids is 1. The summed E-state index contributed by atoms with van der Waals surface area (Å²) in [6.07, 6.45) is 1.66. The molecular formula is C15H18N4OS2. The largest absolute Gasteiger partial charge is 0.356 e. The van der Waals surface area contributed by atoms with Crippen molar-refractivity contribution in [1.82, 2.24) is 15.5 Å². The van der Waals surface area contributed by atoms with Crippen molar-refractivity contribution in [2.45, 2.75) is 23.1 Å². The molecule has 1 aromatic carbocycles. The average Bonchev–Trinajstić information content (AvgIpc) is 2.99. The number of rotatable bonds is 8. The van der Waals surface area contributed by atoms with Crippen LogP contribution in [-0.4, -0.2) is 27.9 Å². The molecule has 1 heterocycles. The fourth-order valence-corrected chi connectivity index (χ4v) is 3.54. The molecule has 2 N–H and O–H groups in total. The Bertz CT molecular complexity index is 615. The topological polar surface area (TPSA) is 66.9 Å². The van der Waals surface area contributed by atoms with Gasteiger partial charge in [-0.25, -0.2) is 0 Å². The third-order valence-electron chi connectivity index (χ3n) is 2.76. The van der Waals surface area contributed by atoms with E-state index in [0.717, 1.165) is 9.47 Å². The monoisotopic (exact) mass is 334 g/mol. The lowest BCUT2D eigenvalue weighted by molar-refractivity contribution is -0.120. The van der Waals surface area contributed by atoms with Crippen molar-refractivity contribution < 1.29 is 4.79 Å². The van der Waals surface area contributed by atoms with Gasteiger partial charge in [0.05, 0.1) is 5.25 Å². The number of anilines is 1. The van der Waals surface area contributed by atoms with E-state index in [9.17, 15) is 4.79 Å². The molecule has 5 nitrogen and oxygen atoms in total. The molecule has 7 heteroatoms. The summed E-state index contributed by atoms with van der Waals surface area (Å²) in [4.78, 5) is 11.8. The molecule has 0 saturated carbocycles. The molecule has 0 bridgehead atoms. The van der Waals surface area contributed by atoms with Crippen molar-refractivity contribution in [1.29, 1.82) is 0 Å². The summed E-state index contributed by atoms with van der Waals surface area (Å²) in [5.74, 6) is -0.0288. The van der Waals surface area contributed by atoms with E-state index < -0.39 is 0 Å². The predicted octanol–water partition coefficient (Wildman–Crippen LogP) is 2.93. The number of hydrogen-bond donors (Lipinski definition) is 2. The zero-order valence-electron chi connectivity index (χ0n) is 12.3. The van der Waals surface area contributed by atoms with Crippen LogP contribution in [0.2, 0.25) is 0 Å². The van der Waals surface area contributed by atoms with Crippen molar-refractivity contribution in [3.05, 3.63) is 48.6 Å². The van der Waals surface area contributed by atoms with E-state index in [-0.39, 0.29) is 11.2 Å². The minimum Gasteiger partial charge on any atom is -0.356 e. The van der Waals surface area contributed by atoms with Crippen LogP contribution >= 0.6 is 23.1 Å². The first-order valence-electron chi connectivity index (χ1n) is 6.85. The summed E-state index contributed by atoms with van der Waals surface area (Å²) in [6, 6.07) is 10.1. The van der Waals surface area contributed by atoms with Gasteiger partial charge >= 0.3 is 0 Å². The molecule has 0 fully saturated rings. The predicted molar refractivity (Wildman–Crippen MR) is 92.2 cm³/mol. The van der Waals surface area contributed by atoms with Gasteiger partial charge in [-0.3, -0.25) is 4.79 Å². The number of hydrogen-bond acceptors (Lipinski definition) is 6. The molecule has 0 spiro atoms. The summed E-state index contributed by atoms with van der Waals surface area (Å²) in [7, 11) is 0. The Morgan fingerprint density at radius 3 is 2.91 bits per heavy atom. The smallest absolute Gasteiger partial charge is 0.233 e. The van der Waals surface area contributed by atoms with Gasteiger partial charge in [-0.15, -0.1) is 16.8 Å². The quantitative estimate of drug-likeness (QED) is 0.574. The summed E-state index contributed by atoms with van der Waals surface area (Å²) in [6.45, 7) is 6.60. The molecule has 0 aliphatic carbocycles. The molecule has 0 aliphatic rings. The van der Waals surface area contributed by atoms with Gasteiger partial charge in [0, 0.05) is 13.1 Å². The first-order chi connectivity index (χ1) is 10.7. The van der Waals surface area contributed by atoms with Crippen LogP contribution in [0.15, 0.2) is 47.3 Å². The summed E-state index contributed by atoms with van der Waals surface area (Å²) < 4.78 is 0.775. The van der Waals surface area contributed by atoms with Crippen LogP contribution in [0, 0.1) is 0 Å². The number of amides is 1. The molecule has 1 unspecified atom stereocenters. The SMILES string of the molecule is C=CCNC(=O)C(C)Sc1nnc(NCc2ccccc2)s1. The molecular weight excluding hydrogens is 316 g/mol. The van der Waals surface area contributed by atoms with Crippen LogP contribution in [0.4, 0.5) is 5.13 Å². The van der Waals surface area contributed by atoms with E-state index in [2.05, 4.69) is 39.5 Å². The number of thioether (sulfide) groups is 1. The Morgan fingerprint density at radius 1 is 1.41 bits per heavy atom. The number of aromatic nitrogens is 2. The lowest BCUT2D eigenvalue weighted by Crippen LogP contribution is -2.30. The van der Waals surface area contributed by atoms with Crippen LogP contribution in [0.3, 0.4) is 0 Å². The fourth-order valence-electron chi connectivity index (χ4n) is 1.62. The molecule has 2 rings (SSSR count). The number of carbonyl (C=O) groups is 1. The Balaban J connectivity index is 1.83. The first-order valence-corrected chi connectivity index (χ1v) is 8.55. The molecule has 1 amide bonds. The van der Waals surface area contributed by atoms with Crippen LogP contribution in [0.5, 0.6) is 0 Å². The van der Waals surface area contributed by atoms with Crippen molar-refractivity contribution >= 4 is 34.1 Å². The fraction of sp³-hybridized carbons (Fsp3) is 0.267. The average molecular weight is 334 g/mol. The second kappa shape index (κ2) is 8.55. The summed E-state index contributed by atoms with van der Waals surface area (Å²) in [5.41, 5.74) is 1.18. The van der Waals surface area contributed by atoms with E-state index in [1.54, 1.807) is 6.08 Å². The van der Waals surface area contributed by atoms with Gasteiger partial charge in [-0.05, 0) is 12.5 Å². The molecule has 0 saturated heterocycles. The summed E-state index contributed by atoms with van der Waals surface area (Å²) in [5, 5.41) is 14.7. The Morgan fingerprint density at radius 2 is 2.18 bits per heavy atom. The van der Waals surface area contributed by atoms with Crippen LogP contribution < -0.4 is 10.6 Å². The van der Waals surface area contributed by atoms with Crippen molar-refractivity contribution in [3.63, 3.8) is 0 Å². The van der Waals surface area contributed by atoms with Gasteiger partial charge in [0.15, 0.2) is 4.34 Å². The third-order valence-corrected chi connectivity index (χ3v) is 4.83. The zero-order chi connectivity index (χ0) is 15.8. The normalized spacial score (nSPS) is 11.7. The van der Waals surface area contributed by atoms with Gasteiger partial charge in [-0.1, -0.05) is 59.5 Å². The third kappa shape index (κ3) is 5.16. The highest BCUT2D eigenvalue weighted by molar-refractivity contribution is 8.02. The Hall–Kier alpha value is -1.86. The number of benzene rings is 1. The van der Waals surface area contributed by atoms with Crippen molar-refractivity contribution in [2.24, 2.45) is 0 Å². The highest BCUT2D eigenvalue weighted by Crippen LogP contribution is 2.29. The van der Waals surface area contributed by atoms with E-state index >= 15 is 0 Å². The number of nitrogens with one attached hydrogen (secondary N) is 2. The standard InChI is InChI=1S/C15H18N4OS2/c1-3-9-16-13(20)11(2)21-15-19-18-14(22-15)17-10-12-7-5-4-6-8-12/h3-8,11H,1,9-10H2,2H3,(H,16,20)(H,17,18). The molecule has 1 aromatic heterocycles.